The number of rotatable bonds is 5. The fourth-order valence-electron chi connectivity index (χ4n) is 1.98. The Kier molecular flexibility index (Phi) is 4.30. The molecule has 0 aliphatic carbocycles. The van der Waals surface area contributed by atoms with Crippen LogP contribution in [0.4, 0.5) is 5.69 Å². The summed E-state index contributed by atoms with van der Waals surface area (Å²) in [5, 5.41) is 3.30. The van der Waals surface area contributed by atoms with Crippen LogP contribution in [0.25, 0.3) is 0 Å². The highest BCUT2D eigenvalue weighted by atomic mass is 16.5. The molecule has 4 heteroatoms. The molecule has 2 aromatic heterocycles. The highest BCUT2D eigenvalue weighted by Gasteiger charge is 2.00. The number of anilines is 1. The van der Waals surface area contributed by atoms with Gasteiger partial charge >= 0.3 is 0 Å². The maximum atomic E-state index is 5.70. The van der Waals surface area contributed by atoms with E-state index in [2.05, 4.69) is 15.3 Å². The summed E-state index contributed by atoms with van der Waals surface area (Å²) >= 11 is 0. The minimum atomic E-state index is 0.579. The van der Waals surface area contributed by atoms with Gasteiger partial charge in [0.05, 0.1) is 11.9 Å². The van der Waals surface area contributed by atoms with E-state index in [1.54, 1.807) is 12.4 Å². The first-order valence-electron chi connectivity index (χ1n) is 7.13. The molecule has 2 heterocycles. The lowest BCUT2D eigenvalue weighted by atomic mass is 10.2. The van der Waals surface area contributed by atoms with Crippen molar-refractivity contribution in [2.75, 3.05) is 5.32 Å². The molecule has 0 aliphatic rings. The van der Waals surface area contributed by atoms with Crippen LogP contribution < -0.4 is 10.1 Å². The minimum absolute atomic E-state index is 0.579. The molecule has 0 radical (unpaired) electrons. The van der Waals surface area contributed by atoms with Gasteiger partial charge in [-0.25, -0.2) is 4.98 Å². The molecule has 4 nitrogen and oxygen atoms in total. The van der Waals surface area contributed by atoms with Crippen LogP contribution in [0.15, 0.2) is 67.1 Å². The Hall–Kier alpha value is -2.88. The fourth-order valence-corrected chi connectivity index (χ4v) is 1.98. The van der Waals surface area contributed by atoms with Crippen molar-refractivity contribution in [1.29, 1.82) is 0 Å². The molecule has 0 aliphatic heterocycles. The molecule has 3 rings (SSSR count). The van der Waals surface area contributed by atoms with Crippen LogP contribution in [0, 0.1) is 6.92 Å². The minimum Gasteiger partial charge on any atom is -0.439 e. The van der Waals surface area contributed by atoms with E-state index in [-0.39, 0.29) is 0 Å². The second-order valence-electron chi connectivity index (χ2n) is 5.02. The molecule has 0 amide bonds. The maximum Gasteiger partial charge on any atom is 0.219 e. The Balaban J connectivity index is 1.59. The molecule has 0 spiro atoms. The number of aromatic nitrogens is 2. The Labute approximate surface area is 129 Å². The van der Waals surface area contributed by atoms with E-state index in [1.807, 2.05) is 61.7 Å². The third-order valence-corrected chi connectivity index (χ3v) is 3.20. The molecular weight excluding hydrogens is 274 g/mol. The number of hydrogen-bond acceptors (Lipinski definition) is 4. The molecule has 1 aromatic carbocycles. The molecule has 1 N–H and O–H groups in total. The van der Waals surface area contributed by atoms with E-state index in [0.717, 1.165) is 17.0 Å². The van der Waals surface area contributed by atoms with Crippen LogP contribution in [0.1, 0.15) is 11.1 Å². The first-order valence-corrected chi connectivity index (χ1v) is 7.13. The van der Waals surface area contributed by atoms with E-state index in [1.165, 1.54) is 5.56 Å². The first-order chi connectivity index (χ1) is 10.8. The van der Waals surface area contributed by atoms with Gasteiger partial charge in [0.2, 0.25) is 5.88 Å². The number of aryl methyl sites for hydroxylation is 1. The standard InChI is InChI=1S/C18H17N3O/c1-14-4-7-17(8-5-14)22-18-9-6-16(13-21-18)20-12-15-3-2-10-19-11-15/h2-11,13,20H,12H2,1H3. The number of ether oxygens (including phenoxy) is 1. The third-order valence-electron chi connectivity index (χ3n) is 3.20. The van der Waals surface area contributed by atoms with Crippen molar-refractivity contribution >= 4 is 5.69 Å². The van der Waals surface area contributed by atoms with E-state index < -0.39 is 0 Å². The van der Waals surface area contributed by atoms with Gasteiger partial charge in [0.15, 0.2) is 0 Å². The van der Waals surface area contributed by atoms with Gasteiger partial charge in [-0.05, 0) is 36.8 Å². The van der Waals surface area contributed by atoms with Crippen molar-refractivity contribution in [1.82, 2.24) is 9.97 Å². The highest BCUT2D eigenvalue weighted by molar-refractivity contribution is 5.43. The highest BCUT2D eigenvalue weighted by Crippen LogP contribution is 2.20. The Morgan fingerprint density at radius 2 is 1.86 bits per heavy atom. The second kappa shape index (κ2) is 6.72. The average Bonchev–Trinajstić information content (AvgIpc) is 2.57. The van der Waals surface area contributed by atoms with Gasteiger partial charge in [-0.1, -0.05) is 23.8 Å². The summed E-state index contributed by atoms with van der Waals surface area (Å²) in [5.74, 6) is 1.37. The smallest absolute Gasteiger partial charge is 0.219 e. The summed E-state index contributed by atoms with van der Waals surface area (Å²) in [7, 11) is 0. The van der Waals surface area contributed by atoms with Crippen molar-refractivity contribution in [3.8, 4) is 11.6 Å². The Morgan fingerprint density at radius 3 is 2.55 bits per heavy atom. The van der Waals surface area contributed by atoms with Crippen molar-refractivity contribution in [3.05, 3.63) is 78.2 Å². The molecule has 0 unspecified atom stereocenters. The van der Waals surface area contributed by atoms with Gasteiger partial charge in [-0.2, -0.15) is 0 Å². The zero-order valence-corrected chi connectivity index (χ0v) is 12.4. The summed E-state index contributed by atoms with van der Waals surface area (Å²) in [6.45, 7) is 2.76. The molecule has 22 heavy (non-hydrogen) atoms. The van der Waals surface area contributed by atoms with Crippen molar-refractivity contribution in [2.45, 2.75) is 13.5 Å². The zero-order valence-electron chi connectivity index (χ0n) is 12.4. The zero-order chi connectivity index (χ0) is 15.2. The molecule has 110 valence electrons. The fraction of sp³-hybridized carbons (Fsp3) is 0.111. The van der Waals surface area contributed by atoms with Crippen molar-refractivity contribution < 1.29 is 4.74 Å². The van der Waals surface area contributed by atoms with E-state index >= 15 is 0 Å². The van der Waals surface area contributed by atoms with Gasteiger partial charge in [0, 0.05) is 25.0 Å². The van der Waals surface area contributed by atoms with E-state index in [9.17, 15) is 0 Å². The van der Waals surface area contributed by atoms with Crippen LogP contribution >= 0.6 is 0 Å². The SMILES string of the molecule is Cc1ccc(Oc2ccc(NCc3cccnc3)cn2)cc1. The predicted molar refractivity (Wildman–Crippen MR) is 87.1 cm³/mol. The monoisotopic (exact) mass is 291 g/mol. The molecule has 0 saturated heterocycles. The average molecular weight is 291 g/mol. The molecule has 0 bridgehead atoms. The lowest BCUT2D eigenvalue weighted by Gasteiger charge is -2.08. The molecule has 0 atom stereocenters. The predicted octanol–water partition coefficient (Wildman–Crippen LogP) is 4.19. The van der Waals surface area contributed by atoms with Crippen LogP contribution in [0.2, 0.25) is 0 Å². The van der Waals surface area contributed by atoms with Gasteiger partial charge in [0.25, 0.3) is 0 Å². The number of pyridine rings is 2. The van der Waals surface area contributed by atoms with Crippen LogP contribution in [0.3, 0.4) is 0 Å². The number of benzene rings is 1. The van der Waals surface area contributed by atoms with E-state index in [0.29, 0.717) is 12.4 Å². The normalized spacial score (nSPS) is 10.2. The van der Waals surface area contributed by atoms with E-state index in [4.69, 9.17) is 4.74 Å². The number of nitrogens with zero attached hydrogens (tertiary/aromatic N) is 2. The quantitative estimate of drug-likeness (QED) is 0.765. The van der Waals surface area contributed by atoms with Crippen LogP contribution in [-0.4, -0.2) is 9.97 Å². The largest absolute Gasteiger partial charge is 0.439 e. The van der Waals surface area contributed by atoms with Crippen LogP contribution in [0.5, 0.6) is 11.6 Å². The lowest BCUT2D eigenvalue weighted by molar-refractivity contribution is 0.463. The summed E-state index contributed by atoms with van der Waals surface area (Å²) in [6, 6.07) is 15.7. The Bertz CT molecular complexity index is 710. The summed E-state index contributed by atoms with van der Waals surface area (Å²) in [5.41, 5.74) is 3.28. The van der Waals surface area contributed by atoms with Crippen LogP contribution in [-0.2, 0) is 6.54 Å². The van der Waals surface area contributed by atoms with Gasteiger partial charge in [-0.3, -0.25) is 4.98 Å². The van der Waals surface area contributed by atoms with Crippen molar-refractivity contribution in [2.24, 2.45) is 0 Å². The van der Waals surface area contributed by atoms with Crippen molar-refractivity contribution in [3.63, 3.8) is 0 Å². The molecular formula is C18H17N3O. The molecule has 3 aromatic rings. The Morgan fingerprint density at radius 1 is 1.00 bits per heavy atom. The number of hydrogen-bond donors (Lipinski definition) is 1. The van der Waals surface area contributed by atoms with Gasteiger partial charge in [0.1, 0.15) is 5.75 Å². The summed E-state index contributed by atoms with van der Waals surface area (Å²) in [4.78, 5) is 8.40. The topological polar surface area (TPSA) is 47.0 Å². The van der Waals surface area contributed by atoms with Gasteiger partial charge in [-0.15, -0.1) is 0 Å². The maximum absolute atomic E-state index is 5.70. The molecule has 0 saturated carbocycles. The first kappa shape index (κ1) is 14.1. The summed E-state index contributed by atoms with van der Waals surface area (Å²) in [6.07, 6.45) is 5.37. The molecule has 0 fully saturated rings. The number of nitrogens with one attached hydrogen (secondary N) is 1. The summed E-state index contributed by atoms with van der Waals surface area (Å²) < 4.78 is 5.70. The second-order valence-corrected chi connectivity index (χ2v) is 5.02. The van der Waals surface area contributed by atoms with Gasteiger partial charge < -0.3 is 10.1 Å². The lowest BCUT2D eigenvalue weighted by Crippen LogP contribution is -2.00. The third kappa shape index (κ3) is 3.82.